The van der Waals surface area contributed by atoms with Gasteiger partial charge < -0.3 is 25.4 Å². The van der Waals surface area contributed by atoms with Gasteiger partial charge in [0.2, 0.25) is 17.7 Å². The van der Waals surface area contributed by atoms with Crippen LogP contribution in [0.25, 0.3) is 11.0 Å². The monoisotopic (exact) mass is 532 g/mol. The molecule has 11 nitrogen and oxygen atoms in total. The van der Waals surface area contributed by atoms with Gasteiger partial charge in [-0.2, -0.15) is 0 Å². The van der Waals surface area contributed by atoms with Crippen molar-refractivity contribution in [2.24, 2.45) is 11.8 Å². The average Bonchev–Trinajstić information content (AvgIpc) is 3.71. The molecular weight excluding hydrogens is 500 g/mol. The van der Waals surface area contributed by atoms with E-state index in [9.17, 15) is 19.5 Å². The summed E-state index contributed by atoms with van der Waals surface area (Å²) in [5.41, 5.74) is 1.29. The first-order valence-electron chi connectivity index (χ1n) is 13.5. The lowest BCUT2D eigenvalue weighted by Crippen LogP contribution is -2.58. The van der Waals surface area contributed by atoms with Crippen LogP contribution in [0.2, 0.25) is 0 Å². The molecule has 39 heavy (non-hydrogen) atoms. The van der Waals surface area contributed by atoms with E-state index < -0.39 is 41.5 Å². The van der Waals surface area contributed by atoms with Crippen molar-refractivity contribution in [3.8, 4) is 0 Å². The maximum atomic E-state index is 14.0. The molecule has 204 valence electrons. The average molecular weight is 533 g/mol. The second kappa shape index (κ2) is 10.0. The summed E-state index contributed by atoms with van der Waals surface area (Å²) < 4.78 is 8.03. The largest absolute Gasteiger partial charge is 0.394 e. The van der Waals surface area contributed by atoms with Gasteiger partial charge in [-0.3, -0.25) is 14.4 Å². The molecule has 4 heterocycles. The van der Waals surface area contributed by atoms with Gasteiger partial charge in [0.15, 0.2) is 0 Å². The summed E-state index contributed by atoms with van der Waals surface area (Å²) in [5, 5.41) is 24.3. The van der Waals surface area contributed by atoms with Gasteiger partial charge in [-0.1, -0.05) is 54.6 Å². The van der Waals surface area contributed by atoms with Crippen LogP contribution in [0.1, 0.15) is 31.7 Å². The molecule has 0 saturated carbocycles. The number of hydrogen-bond donors (Lipinski definition) is 3. The number of aliphatic hydroxyl groups is 1. The Bertz CT molecular complexity index is 1390. The fourth-order valence-corrected chi connectivity index (χ4v) is 6.68. The summed E-state index contributed by atoms with van der Waals surface area (Å²) in [5.74, 6) is -2.47. The highest BCUT2D eigenvalue weighted by Gasteiger charge is 2.74. The van der Waals surface area contributed by atoms with E-state index in [1.54, 1.807) is 4.68 Å². The molecule has 3 aliphatic heterocycles. The summed E-state index contributed by atoms with van der Waals surface area (Å²) in [6.45, 7) is 1.96. The van der Waals surface area contributed by atoms with Crippen molar-refractivity contribution >= 4 is 28.8 Å². The van der Waals surface area contributed by atoms with Gasteiger partial charge in [-0.15, -0.1) is 5.10 Å². The molecule has 0 aliphatic carbocycles. The second-order valence-corrected chi connectivity index (χ2v) is 10.5. The quantitative estimate of drug-likeness (QED) is 0.373. The first-order valence-corrected chi connectivity index (χ1v) is 13.5. The lowest BCUT2D eigenvalue weighted by molar-refractivity contribution is -0.146. The molecule has 3 fully saturated rings. The highest BCUT2D eigenvalue weighted by Crippen LogP contribution is 2.58. The summed E-state index contributed by atoms with van der Waals surface area (Å²) in [4.78, 5) is 42.8. The molecule has 3 amide bonds. The number of ether oxygens (including phenoxy) is 1. The van der Waals surface area contributed by atoms with Gasteiger partial charge in [0.25, 0.3) is 0 Å². The molecule has 1 spiro atoms. The van der Waals surface area contributed by atoms with Crippen LogP contribution >= 0.6 is 0 Å². The number of nitrogens with one attached hydrogen (secondary N) is 2. The Balaban J connectivity index is 1.27. The summed E-state index contributed by atoms with van der Waals surface area (Å²) in [7, 11) is 0. The summed E-state index contributed by atoms with van der Waals surface area (Å²) >= 11 is 0. The minimum absolute atomic E-state index is 0.0545. The fraction of sp³-hybridized carbons (Fsp3) is 0.464. The Labute approximate surface area is 225 Å². The van der Waals surface area contributed by atoms with E-state index in [0.717, 1.165) is 11.1 Å². The van der Waals surface area contributed by atoms with E-state index in [2.05, 4.69) is 20.9 Å². The van der Waals surface area contributed by atoms with E-state index in [0.29, 0.717) is 31.3 Å². The number of hydrogen-bond acceptors (Lipinski definition) is 7. The minimum atomic E-state index is -1.13. The number of carbonyl (C=O) groups is 3. The van der Waals surface area contributed by atoms with Gasteiger partial charge in [0.05, 0.1) is 36.1 Å². The third-order valence-electron chi connectivity index (χ3n) is 8.50. The predicted molar refractivity (Wildman–Crippen MR) is 140 cm³/mol. The van der Waals surface area contributed by atoms with Crippen LogP contribution in [0.5, 0.6) is 0 Å². The zero-order valence-corrected chi connectivity index (χ0v) is 21.7. The van der Waals surface area contributed by atoms with Crippen molar-refractivity contribution in [2.75, 3.05) is 6.61 Å². The van der Waals surface area contributed by atoms with Crippen LogP contribution in [0.4, 0.5) is 0 Å². The number of rotatable bonds is 9. The predicted octanol–water partition coefficient (Wildman–Crippen LogP) is 0.967. The Morgan fingerprint density at radius 3 is 2.67 bits per heavy atom. The zero-order valence-electron chi connectivity index (χ0n) is 21.7. The molecule has 6 rings (SSSR count). The number of amides is 3. The van der Waals surface area contributed by atoms with Gasteiger partial charge in [0, 0.05) is 6.54 Å². The first-order chi connectivity index (χ1) is 19.0. The molecule has 3 aromatic rings. The highest BCUT2D eigenvalue weighted by molar-refractivity contribution is 5.99. The smallest absolute Gasteiger partial charge is 0.247 e. The van der Waals surface area contributed by atoms with Gasteiger partial charge in [0.1, 0.15) is 23.8 Å². The number of nitrogens with zero attached hydrogens (tertiary/aromatic N) is 4. The van der Waals surface area contributed by atoms with E-state index >= 15 is 0 Å². The number of para-hydroxylation sites is 1. The Morgan fingerprint density at radius 2 is 1.90 bits per heavy atom. The van der Waals surface area contributed by atoms with Crippen molar-refractivity contribution in [3.05, 3.63) is 60.2 Å². The topological polar surface area (TPSA) is 139 Å². The molecule has 2 bridgehead atoms. The molecule has 3 N–H and O–H groups in total. The number of aromatic nitrogens is 3. The van der Waals surface area contributed by atoms with Crippen LogP contribution in [0.15, 0.2) is 54.6 Å². The van der Waals surface area contributed by atoms with Crippen molar-refractivity contribution in [2.45, 2.75) is 63.2 Å². The molecule has 3 aliphatic rings. The second-order valence-electron chi connectivity index (χ2n) is 10.5. The van der Waals surface area contributed by atoms with Crippen LogP contribution in [0.3, 0.4) is 0 Å². The van der Waals surface area contributed by atoms with Gasteiger partial charge in [-0.05, 0) is 37.0 Å². The van der Waals surface area contributed by atoms with Crippen LogP contribution in [-0.2, 0) is 32.3 Å². The molecular formula is C28H32N6O5. The molecule has 6 atom stereocenters. The molecule has 2 aromatic carbocycles. The molecule has 11 heteroatoms. The summed E-state index contributed by atoms with van der Waals surface area (Å²) in [6.07, 6.45) is 1.07. The van der Waals surface area contributed by atoms with E-state index in [1.807, 2.05) is 61.5 Å². The van der Waals surface area contributed by atoms with E-state index in [1.165, 1.54) is 4.90 Å². The lowest BCUT2D eigenvalue weighted by Gasteiger charge is -2.36. The van der Waals surface area contributed by atoms with E-state index in [-0.39, 0.29) is 25.1 Å². The van der Waals surface area contributed by atoms with Crippen LogP contribution < -0.4 is 10.6 Å². The Morgan fingerprint density at radius 1 is 1.13 bits per heavy atom. The highest BCUT2D eigenvalue weighted by atomic mass is 16.5. The van der Waals surface area contributed by atoms with Crippen molar-refractivity contribution in [1.82, 2.24) is 30.5 Å². The van der Waals surface area contributed by atoms with Crippen LogP contribution in [0, 0.1) is 11.8 Å². The summed E-state index contributed by atoms with van der Waals surface area (Å²) in [6, 6.07) is 15.4. The molecule has 3 saturated heterocycles. The third kappa shape index (κ3) is 4.07. The Hall–Kier alpha value is -3.83. The van der Waals surface area contributed by atoms with Crippen LogP contribution in [-0.4, -0.2) is 73.1 Å². The van der Waals surface area contributed by atoms with Crippen molar-refractivity contribution < 1.29 is 24.2 Å². The van der Waals surface area contributed by atoms with Gasteiger partial charge in [-0.25, -0.2) is 4.68 Å². The molecule has 2 unspecified atom stereocenters. The normalized spacial score (nSPS) is 28.1. The number of fused-ring (bicyclic) bond motifs is 2. The number of aliphatic hydroxyl groups excluding tert-OH is 1. The van der Waals surface area contributed by atoms with Crippen molar-refractivity contribution in [3.63, 3.8) is 0 Å². The standard InChI is InChI=1S/C28H32N6O5/c1-2-18(15-35)34-24(26(37)30-16-33-20-11-7-6-10-19(20)31-32-33)28-13-12-21(39-28)22(23(28)27(34)38)25(36)29-14-17-8-4-3-5-9-17/h3-11,18,21-24,35H,2,12-16H2,1H3,(H,29,36)(H,30,37)/t18-,21+,22-,23-,24?,28?/m0/s1. The number of benzene rings is 2. The van der Waals surface area contributed by atoms with Gasteiger partial charge >= 0.3 is 0 Å². The number of carbonyl (C=O) groups excluding carboxylic acids is 3. The molecule has 1 aromatic heterocycles. The fourth-order valence-electron chi connectivity index (χ4n) is 6.68. The SMILES string of the molecule is CC[C@@H](CO)N1C(=O)[C@@H]2[C@@H](C(=O)NCc3ccccc3)[C@H]3CCC2(O3)C1C(=O)NCn1nnc2ccccc21. The van der Waals surface area contributed by atoms with E-state index in [4.69, 9.17) is 4.74 Å². The maximum Gasteiger partial charge on any atom is 0.247 e. The third-order valence-corrected chi connectivity index (χ3v) is 8.50. The Kier molecular flexibility index (Phi) is 6.56. The maximum absolute atomic E-state index is 14.0. The lowest BCUT2D eigenvalue weighted by atomic mass is 9.70. The zero-order chi connectivity index (χ0) is 27.1. The number of likely N-dealkylation sites (tertiary alicyclic amines) is 1. The molecule has 0 radical (unpaired) electrons. The van der Waals surface area contributed by atoms with Crippen molar-refractivity contribution in [1.29, 1.82) is 0 Å². The first kappa shape index (κ1) is 25.4. The minimum Gasteiger partial charge on any atom is -0.394 e.